The third kappa shape index (κ3) is 5.21. The lowest BCUT2D eigenvalue weighted by Gasteiger charge is -2.17. The van der Waals surface area contributed by atoms with Crippen LogP contribution in [-0.2, 0) is 24.3 Å². The van der Waals surface area contributed by atoms with E-state index in [2.05, 4.69) is 29.7 Å². The number of fused-ring (bicyclic) bond motifs is 1. The van der Waals surface area contributed by atoms with E-state index in [0.717, 1.165) is 47.6 Å². The Hall–Kier alpha value is -3.67. The van der Waals surface area contributed by atoms with E-state index in [1.54, 1.807) is 12.1 Å². The molecule has 5 nitrogen and oxygen atoms in total. The van der Waals surface area contributed by atoms with Crippen LogP contribution >= 0.6 is 0 Å². The summed E-state index contributed by atoms with van der Waals surface area (Å²) in [6.45, 7) is 4.62. The molecule has 1 fully saturated rings. The highest BCUT2D eigenvalue weighted by Crippen LogP contribution is 2.31. The number of carbonyl (C=O) groups is 1. The number of aromatic nitrogens is 2. The molecule has 5 rings (SSSR count). The second-order valence-corrected chi connectivity index (χ2v) is 9.11. The lowest BCUT2D eigenvalue weighted by molar-refractivity contribution is -0.128. The molecule has 0 N–H and O–H groups in total. The van der Waals surface area contributed by atoms with E-state index in [0.29, 0.717) is 26.1 Å². The summed E-state index contributed by atoms with van der Waals surface area (Å²) in [6, 6.07) is 22.7. The summed E-state index contributed by atoms with van der Waals surface area (Å²) in [7, 11) is 0. The Balaban J connectivity index is 1.28. The standard InChI is InChI=1S/C29H30FN3O2/c1-2-21-10-14-25(15-11-21)35-17-5-16-33-27-7-4-3-6-26(27)31-29(33)23-18-28(34)32(20-23)19-22-8-12-24(30)13-9-22/h3-4,6-15,23H,2,5,16-20H2,1H3. The predicted octanol–water partition coefficient (Wildman–Crippen LogP) is 5.72. The van der Waals surface area contributed by atoms with Gasteiger partial charge in [-0.15, -0.1) is 0 Å². The van der Waals surface area contributed by atoms with Gasteiger partial charge in [-0.2, -0.15) is 0 Å². The Kier molecular flexibility index (Phi) is 6.80. The molecule has 1 unspecified atom stereocenters. The molecule has 35 heavy (non-hydrogen) atoms. The minimum Gasteiger partial charge on any atom is -0.494 e. The average Bonchev–Trinajstić information content (AvgIpc) is 3.43. The molecular weight excluding hydrogens is 441 g/mol. The van der Waals surface area contributed by atoms with Crippen molar-refractivity contribution in [1.29, 1.82) is 0 Å². The number of para-hydroxylation sites is 2. The van der Waals surface area contributed by atoms with Crippen LogP contribution in [0.25, 0.3) is 11.0 Å². The quantitative estimate of drug-likeness (QED) is 0.293. The maximum Gasteiger partial charge on any atom is 0.223 e. The van der Waals surface area contributed by atoms with E-state index in [4.69, 9.17) is 9.72 Å². The Labute approximate surface area is 205 Å². The van der Waals surface area contributed by atoms with Gasteiger partial charge in [0.05, 0.1) is 17.6 Å². The van der Waals surface area contributed by atoms with Crippen molar-refractivity contribution in [3.63, 3.8) is 0 Å². The lowest BCUT2D eigenvalue weighted by atomic mass is 10.1. The molecule has 1 amide bonds. The number of amides is 1. The summed E-state index contributed by atoms with van der Waals surface area (Å²) < 4.78 is 21.5. The van der Waals surface area contributed by atoms with Crippen LogP contribution in [0.2, 0.25) is 0 Å². The van der Waals surface area contributed by atoms with Crippen molar-refractivity contribution < 1.29 is 13.9 Å². The zero-order valence-electron chi connectivity index (χ0n) is 20.0. The van der Waals surface area contributed by atoms with Crippen LogP contribution in [0.4, 0.5) is 4.39 Å². The SMILES string of the molecule is CCc1ccc(OCCCn2c(C3CC(=O)N(Cc4ccc(F)cc4)C3)nc3ccccc32)cc1. The molecule has 0 aliphatic carbocycles. The number of rotatable bonds is 9. The van der Waals surface area contributed by atoms with E-state index in [1.807, 2.05) is 35.2 Å². The fourth-order valence-corrected chi connectivity index (χ4v) is 4.78. The van der Waals surface area contributed by atoms with Gasteiger partial charge in [0.25, 0.3) is 0 Å². The molecule has 6 heteroatoms. The fraction of sp³-hybridized carbons (Fsp3) is 0.310. The van der Waals surface area contributed by atoms with Crippen molar-refractivity contribution in [2.75, 3.05) is 13.2 Å². The molecule has 0 spiro atoms. The van der Waals surface area contributed by atoms with Crippen LogP contribution in [0.3, 0.4) is 0 Å². The summed E-state index contributed by atoms with van der Waals surface area (Å²) >= 11 is 0. The van der Waals surface area contributed by atoms with Crippen LogP contribution in [0.5, 0.6) is 5.75 Å². The van der Waals surface area contributed by atoms with Crippen LogP contribution < -0.4 is 4.74 Å². The number of likely N-dealkylation sites (tertiary alicyclic amines) is 1. The van der Waals surface area contributed by atoms with Crippen molar-refractivity contribution in [2.24, 2.45) is 0 Å². The van der Waals surface area contributed by atoms with E-state index >= 15 is 0 Å². The van der Waals surface area contributed by atoms with Gasteiger partial charge in [0, 0.05) is 32.0 Å². The molecule has 1 aliphatic rings. The number of hydrogen-bond acceptors (Lipinski definition) is 3. The Bertz CT molecular complexity index is 1300. The van der Waals surface area contributed by atoms with Crippen LogP contribution in [0, 0.1) is 5.82 Å². The first kappa shape index (κ1) is 23.1. The number of halogens is 1. The maximum atomic E-state index is 13.3. The van der Waals surface area contributed by atoms with Crippen LogP contribution in [-0.4, -0.2) is 33.5 Å². The van der Waals surface area contributed by atoms with E-state index < -0.39 is 0 Å². The average molecular weight is 472 g/mol. The van der Waals surface area contributed by atoms with Crippen molar-refractivity contribution >= 4 is 16.9 Å². The normalized spacial score (nSPS) is 15.8. The molecule has 0 radical (unpaired) electrons. The van der Waals surface area contributed by atoms with E-state index in [1.165, 1.54) is 17.7 Å². The summed E-state index contributed by atoms with van der Waals surface area (Å²) in [5, 5.41) is 0. The first-order valence-corrected chi connectivity index (χ1v) is 12.3. The molecule has 1 atom stereocenters. The first-order valence-electron chi connectivity index (χ1n) is 12.3. The second kappa shape index (κ2) is 10.3. The van der Waals surface area contributed by atoms with Gasteiger partial charge in [-0.1, -0.05) is 43.3 Å². The van der Waals surface area contributed by atoms with Gasteiger partial charge in [0.1, 0.15) is 17.4 Å². The lowest BCUT2D eigenvalue weighted by Crippen LogP contribution is -2.24. The fourth-order valence-electron chi connectivity index (χ4n) is 4.78. The first-order chi connectivity index (χ1) is 17.1. The minimum atomic E-state index is -0.268. The molecule has 3 aromatic carbocycles. The topological polar surface area (TPSA) is 47.4 Å². The highest BCUT2D eigenvalue weighted by molar-refractivity contribution is 5.81. The smallest absolute Gasteiger partial charge is 0.223 e. The van der Waals surface area contributed by atoms with Gasteiger partial charge < -0.3 is 14.2 Å². The summed E-state index contributed by atoms with van der Waals surface area (Å²) in [5.41, 5.74) is 4.26. The number of nitrogens with zero attached hydrogens (tertiary/aromatic N) is 3. The van der Waals surface area contributed by atoms with E-state index in [-0.39, 0.29) is 17.6 Å². The van der Waals surface area contributed by atoms with Gasteiger partial charge in [-0.25, -0.2) is 9.37 Å². The zero-order chi connectivity index (χ0) is 24.2. The highest BCUT2D eigenvalue weighted by Gasteiger charge is 2.33. The molecule has 1 saturated heterocycles. The minimum absolute atomic E-state index is 0.0258. The number of aryl methyl sites for hydroxylation is 2. The molecule has 0 saturated carbocycles. The number of ether oxygens (including phenoxy) is 1. The highest BCUT2D eigenvalue weighted by atomic mass is 19.1. The monoisotopic (exact) mass is 471 g/mol. The van der Waals surface area contributed by atoms with Crippen molar-refractivity contribution in [2.45, 2.75) is 45.2 Å². The van der Waals surface area contributed by atoms with Crippen molar-refractivity contribution in [3.05, 3.63) is 95.6 Å². The molecular formula is C29H30FN3O2. The van der Waals surface area contributed by atoms with Gasteiger partial charge in [0.2, 0.25) is 5.91 Å². The third-order valence-electron chi connectivity index (χ3n) is 6.68. The molecule has 1 aliphatic heterocycles. The Morgan fingerprint density at radius 3 is 2.51 bits per heavy atom. The van der Waals surface area contributed by atoms with E-state index in [9.17, 15) is 9.18 Å². The Morgan fingerprint density at radius 2 is 1.74 bits per heavy atom. The molecule has 4 aromatic rings. The van der Waals surface area contributed by atoms with Gasteiger partial charge in [-0.3, -0.25) is 4.79 Å². The van der Waals surface area contributed by atoms with Crippen LogP contribution in [0.1, 0.15) is 42.6 Å². The Morgan fingerprint density at radius 1 is 1.00 bits per heavy atom. The summed E-state index contributed by atoms with van der Waals surface area (Å²) in [5.74, 6) is 1.70. The number of imidazole rings is 1. The molecule has 180 valence electrons. The summed E-state index contributed by atoms with van der Waals surface area (Å²) in [6.07, 6.45) is 2.29. The van der Waals surface area contributed by atoms with Gasteiger partial charge >= 0.3 is 0 Å². The maximum absolute atomic E-state index is 13.3. The third-order valence-corrected chi connectivity index (χ3v) is 6.68. The number of hydrogen-bond donors (Lipinski definition) is 0. The number of carbonyl (C=O) groups excluding carboxylic acids is 1. The molecule has 1 aromatic heterocycles. The van der Waals surface area contributed by atoms with Gasteiger partial charge in [-0.05, 0) is 60.4 Å². The van der Waals surface area contributed by atoms with Gasteiger partial charge in [0.15, 0.2) is 0 Å². The largest absolute Gasteiger partial charge is 0.494 e. The predicted molar refractivity (Wildman–Crippen MR) is 135 cm³/mol. The van der Waals surface area contributed by atoms with Crippen molar-refractivity contribution in [3.8, 4) is 5.75 Å². The van der Waals surface area contributed by atoms with Crippen LogP contribution in [0.15, 0.2) is 72.8 Å². The molecule has 0 bridgehead atoms. The zero-order valence-corrected chi connectivity index (χ0v) is 20.0. The number of benzene rings is 3. The van der Waals surface area contributed by atoms with Crippen molar-refractivity contribution in [1.82, 2.24) is 14.5 Å². The molecule has 2 heterocycles. The summed E-state index contributed by atoms with van der Waals surface area (Å²) in [4.78, 5) is 19.6. The second-order valence-electron chi connectivity index (χ2n) is 9.11.